The lowest BCUT2D eigenvalue weighted by molar-refractivity contribution is -0.118. The summed E-state index contributed by atoms with van der Waals surface area (Å²) in [6.07, 6.45) is 1.47. The molecule has 0 heterocycles. The van der Waals surface area contributed by atoms with Gasteiger partial charge in [0.15, 0.2) is 0 Å². The van der Waals surface area contributed by atoms with Crippen molar-refractivity contribution in [2.75, 3.05) is 11.9 Å². The van der Waals surface area contributed by atoms with Crippen molar-refractivity contribution >= 4 is 17.5 Å². The predicted octanol–water partition coefficient (Wildman–Crippen LogP) is 2.32. The van der Waals surface area contributed by atoms with Gasteiger partial charge >= 0.3 is 0 Å². The highest BCUT2D eigenvalue weighted by molar-refractivity contribution is 5.92. The number of nitrogens with two attached hydrogens (primary N) is 1. The number of hydrogen-bond donors (Lipinski definition) is 2. The van der Waals surface area contributed by atoms with Crippen LogP contribution in [0.2, 0.25) is 0 Å². The van der Waals surface area contributed by atoms with Gasteiger partial charge in [-0.3, -0.25) is 9.59 Å². The monoisotopic (exact) mass is 278 g/mol. The molecule has 0 unspecified atom stereocenters. The topological polar surface area (TPSA) is 81.4 Å². The zero-order valence-corrected chi connectivity index (χ0v) is 12.0. The number of nitrogens with one attached hydrogen (secondary N) is 1. The van der Waals surface area contributed by atoms with Crippen molar-refractivity contribution in [2.24, 2.45) is 11.7 Å². The van der Waals surface area contributed by atoms with E-state index in [4.69, 9.17) is 10.5 Å². The van der Waals surface area contributed by atoms with E-state index in [0.29, 0.717) is 23.8 Å². The molecular weight excluding hydrogens is 256 g/mol. The molecule has 3 N–H and O–H groups in total. The van der Waals surface area contributed by atoms with Crippen LogP contribution in [0.5, 0.6) is 5.75 Å². The van der Waals surface area contributed by atoms with Crippen molar-refractivity contribution in [1.82, 2.24) is 0 Å². The van der Waals surface area contributed by atoms with Gasteiger partial charge in [0.05, 0.1) is 18.7 Å². The van der Waals surface area contributed by atoms with Gasteiger partial charge in [0.1, 0.15) is 5.75 Å². The van der Waals surface area contributed by atoms with Gasteiger partial charge in [0.25, 0.3) is 0 Å². The Kier molecular flexibility index (Phi) is 6.56. The van der Waals surface area contributed by atoms with Crippen molar-refractivity contribution in [3.8, 4) is 5.75 Å². The third-order valence-corrected chi connectivity index (χ3v) is 2.72. The van der Waals surface area contributed by atoms with Gasteiger partial charge in [-0.05, 0) is 24.5 Å². The molecule has 5 heteroatoms. The maximum absolute atomic E-state index is 11.8. The van der Waals surface area contributed by atoms with E-state index in [2.05, 4.69) is 19.2 Å². The second-order valence-corrected chi connectivity index (χ2v) is 5.04. The first-order chi connectivity index (χ1) is 9.49. The lowest BCUT2D eigenvalue weighted by Crippen LogP contribution is -2.16. The Morgan fingerprint density at radius 3 is 2.60 bits per heavy atom. The van der Waals surface area contributed by atoms with Gasteiger partial charge in [-0.25, -0.2) is 0 Å². The highest BCUT2D eigenvalue weighted by Gasteiger charge is 2.08. The van der Waals surface area contributed by atoms with Crippen LogP contribution in [0.3, 0.4) is 0 Å². The predicted molar refractivity (Wildman–Crippen MR) is 78.5 cm³/mol. The summed E-state index contributed by atoms with van der Waals surface area (Å²) in [5.74, 6) is 0.586. The molecule has 1 rings (SSSR count). The summed E-state index contributed by atoms with van der Waals surface area (Å²) in [6, 6.07) is 7.15. The molecule has 110 valence electrons. The number of amides is 2. The molecule has 0 aromatic heterocycles. The fourth-order valence-electron chi connectivity index (χ4n) is 1.59. The van der Waals surface area contributed by atoms with Gasteiger partial charge in [-0.2, -0.15) is 0 Å². The van der Waals surface area contributed by atoms with Crippen molar-refractivity contribution in [3.63, 3.8) is 0 Å². The third kappa shape index (κ3) is 6.22. The van der Waals surface area contributed by atoms with Crippen molar-refractivity contribution < 1.29 is 14.3 Å². The first-order valence-corrected chi connectivity index (χ1v) is 6.79. The second kappa shape index (κ2) is 8.19. The van der Waals surface area contributed by atoms with Crippen LogP contribution in [-0.2, 0) is 9.59 Å². The molecule has 0 saturated carbocycles. The highest BCUT2D eigenvalue weighted by Crippen LogP contribution is 2.24. The van der Waals surface area contributed by atoms with Crippen LogP contribution in [-0.4, -0.2) is 18.4 Å². The molecule has 0 bridgehead atoms. The molecule has 0 spiro atoms. The zero-order valence-electron chi connectivity index (χ0n) is 12.0. The van der Waals surface area contributed by atoms with E-state index in [1.54, 1.807) is 12.1 Å². The minimum absolute atomic E-state index is 0.0374. The first kappa shape index (κ1) is 16.0. The Morgan fingerprint density at radius 2 is 1.95 bits per heavy atom. The van der Waals surface area contributed by atoms with Gasteiger partial charge in [0.2, 0.25) is 11.8 Å². The lowest BCUT2D eigenvalue weighted by atomic mass is 10.1. The molecule has 5 nitrogen and oxygen atoms in total. The van der Waals surface area contributed by atoms with Crippen LogP contribution in [0.15, 0.2) is 24.3 Å². The Bertz CT molecular complexity index is 458. The van der Waals surface area contributed by atoms with E-state index in [0.717, 1.165) is 6.42 Å². The minimum Gasteiger partial charge on any atom is -0.491 e. The quantitative estimate of drug-likeness (QED) is 0.765. The average molecular weight is 278 g/mol. The van der Waals surface area contributed by atoms with Crippen LogP contribution in [0, 0.1) is 5.92 Å². The average Bonchev–Trinajstić information content (AvgIpc) is 2.38. The van der Waals surface area contributed by atoms with Gasteiger partial charge in [-0.1, -0.05) is 26.0 Å². The van der Waals surface area contributed by atoms with Crippen molar-refractivity contribution in [3.05, 3.63) is 24.3 Å². The first-order valence-electron chi connectivity index (χ1n) is 6.79. The van der Waals surface area contributed by atoms with Gasteiger partial charge in [-0.15, -0.1) is 0 Å². The number of carbonyl (C=O) groups excluding carboxylic acids is 2. The van der Waals surface area contributed by atoms with Gasteiger partial charge in [0, 0.05) is 6.42 Å². The third-order valence-electron chi connectivity index (χ3n) is 2.72. The summed E-state index contributed by atoms with van der Waals surface area (Å²) in [7, 11) is 0. The van der Waals surface area contributed by atoms with Crippen LogP contribution >= 0.6 is 0 Å². The zero-order chi connectivity index (χ0) is 15.0. The number of carbonyl (C=O) groups is 2. The van der Waals surface area contributed by atoms with E-state index in [1.165, 1.54) is 0 Å². The molecule has 0 radical (unpaired) electrons. The number of para-hydroxylation sites is 2. The number of benzene rings is 1. The number of rotatable bonds is 8. The van der Waals surface area contributed by atoms with Gasteiger partial charge < -0.3 is 15.8 Å². The Balaban J connectivity index is 2.56. The summed E-state index contributed by atoms with van der Waals surface area (Å²) in [6.45, 7) is 4.36. The van der Waals surface area contributed by atoms with E-state index in [-0.39, 0.29) is 18.9 Å². The van der Waals surface area contributed by atoms with Crippen molar-refractivity contribution in [1.29, 1.82) is 0 Å². The summed E-state index contributed by atoms with van der Waals surface area (Å²) in [5.41, 5.74) is 5.67. The maximum atomic E-state index is 11.8. The fraction of sp³-hybridized carbons (Fsp3) is 0.467. The standard InChI is InChI=1S/C15H22N2O3/c1-11(2)7-8-15(19)17-12-5-3-4-6-13(12)20-10-9-14(16)18/h3-6,11H,7-10H2,1-2H3,(H2,16,18)(H,17,19). The molecule has 1 aromatic carbocycles. The Hall–Kier alpha value is -2.04. The minimum atomic E-state index is -0.413. The molecule has 2 amide bonds. The van der Waals surface area contributed by atoms with Crippen molar-refractivity contribution in [2.45, 2.75) is 33.1 Å². The van der Waals surface area contributed by atoms with E-state index in [1.807, 2.05) is 12.1 Å². The number of primary amides is 1. The molecule has 0 fully saturated rings. The fourth-order valence-corrected chi connectivity index (χ4v) is 1.59. The molecule has 20 heavy (non-hydrogen) atoms. The summed E-state index contributed by atoms with van der Waals surface area (Å²) >= 11 is 0. The molecule has 0 atom stereocenters. The SMILES string of the molecule is CC(C)CCC(=O)Nc1ccccc1OCCC(N)=O. The second-order valence-electron chi connectivity index (χ2n) is 5.04. The molecule has 0 saturated heterocycles. The number of anilines is 1. The maximum Gasteiger partial charge on any atom is 0.224 e. The Morgan fingerprint density at radius 1 is 1.25 bits per heavy atom. The van der Waals surface area contributed by atoms with Crippen LogP contribution in [0.4, 0.5) is 5.69 Å². The van der Waals surface area contributed by atoms with Crippen LogP contribution in [0.1, 0.15) is 33.1 Å². The molecule has 0 aliphatic carbocycles. The highest BCUT2D eigenvalue weighted by atomic mass is 16.5. The largest absolute Gasteiger partial charge is 0.491 e. The summed E-state index contributed by atoms with van der Waals surface area (Å²) < 4.78 is 5.46. The normalized spacial score (nSPS) is 10.3. The smallest absolute Gasteiger partial charge is 0.224 e. The molecule has 0 aliphatic heterocycles. The molecular formula is C15H22N2O3. The summed E-state index contributed by atoms with van der Waals surface area (Å²) in [5, 5.41) is 2.82. The Labute approximate surface area is 119 Å². The van der Waals surface area contributed by atoms with Crippen LogP contribution in [0.25, 0.3) is 0 Å². The number of hydrogen-bond acceptors (Lipinski definition) is 3. The summed E-state index contributed by atoms with van der Waals surface area (Å²) in [4.78, 5) is 22.5. The molecule has 0 aliphatic rings. The lowest BCUT2D eigenvalue weighted by Gasteiger charge is -2.12. The van der Waals surface area contributed by atoms with E-state index < -0.39 is 5.91 Å². The van der Waals surface area contributed by atoms with Crippen LogP contribution < -0.4 is 15.8 Å². The number of ether oxygens (including phenoxy) is 1. The van der Waals surface area contributed by atoms with E-state index >= 15 is 0 Å². The van der Waals surface area contributed by atoms with E-state index in [9.17, 15) is 9.59 Å². The molecule has 1 aromatic rings.